The Morgan fingerprint density at radius 1 is 1.13 bits per heavy atom. The van der Waals surface area contributed by atoms with Gasteiger partial charge in [-0.3, -0.25) is 9.59 Å². The number of anilines is 1. The fourth-order valence-corrected chi connectivity index (χ4v) is 5.00. The van der Waals surface area contributed by atoms with Gasteiger partial charge in [0.25, 0.3) is 11.5 Å². The third-order valence-electron chi connectivity index (χ3n) is 6.41. The summed E-state index contributed by atoms with van der Waals surface area (Å²) in [6.07, 6.45) is 2.18. The lowest BCUT2D eigenvalue weighted by atomic mass is 9.83. The lowest BCUT2D eigenvalue weighted by Crippen LogP contribution is -2.48. The van der Waals surface area contributed by atoms with Crippen molar-refractivity contribution in [3.8, 4) is 0 Å². The maximum Gasteiger partial charge on any atom is 0.272 e. The number of pyridine rings is 2. The number of hydrogen-bond donors (Lipinski definition) is 0. The van der Waals surface area contributed by atoms with Crippen LogP contribution in [0.2, 0.25) is 0 Å². The topological polar surface area (TPSA) is 61.7 Å². The Hall–Kier alpha value is -2.67. The molecule has 166 valence electrons. The molecule has 2 aliphatic rings. The van der Waals surface area contributed by atoms with Gasteiger partial charge in [-0.2, -0.15) is 0 Å². The molecule has 2 bridgehead atoms. The average Bonchev–Trinajstić information content (AvgIpc) is 2.75. The predicted molar refractivity (Wildman–Crippen MR) is 123 cm³/mol. The molecule has 1 saturated heterocycles. The van der Waals surface area contributed by atoms with Gasteiger partial charge in [-0.1, -0.05) is 19.1 Å². The minimum absolute atomic E-state index is 0.0866. The monoisotopic (exact) mass is 423 g/mol. The van der Waals surface area contributed by atoms with Gasteiger partial charge in [0.05, 0.1) is 0 Å². The lowest BCUT2D eigenvalue weighted by Gasteiger charge is -2.43. The van der Waals surface area contributed by atoms with Crippen LogP contribution in [0, 0.1) is 5.92 Å². The summed E-state index contributed by atoms with van der Waals surface area (Å²) in [5.41, 5.74) is 2.65. The van der Waals surface area contributed by atoms with Crippen LogP contribution in [-0.2, 0) is 13.1 Å². The zero-order valence-corrected chi connectivity index (χ0v) is 19.0. The zero-order chi connectivity index (χ0) is 22.1. The molecule has 2 aromatic rings. The Balaban J connectivity index is 1.57. The van der Waals surface area contributed by atoms with Crippen LogP contribution >= 0.6 is 0 Å². The van der Waals surface area contributed by atoms with E-state index in [1.54, 1.807) is 25.1 Å². The van der Waals surface area contributed by atoms with Crippen LogP contribution in [0.15, 0.2) is 35.1 Å². The molecular weight excluding hydrogens is 390 g/mol. The molecule has 1 fully saturated rings. The van der Waals surface area contributed by atoms with Crippen LogP contribution in [0.25, 0.3) is 0 Å². The number of fused-ring (bicyclic) bond motifs is 4. The van der Waals surface area contributed by atoms with Gasteiger partial charge in [0.2, 0.25) is 0 Å². The van der Waals surface area contributed by atoms with E-state index in [4.69, 9.17) is 0 Å². The van der Waals surface area contributed by atoms with Gasteiger partial charge >= 0.3 is 0 Å². The first kappa shape index (κ1) is 21.6. The summed E-state index contributed by atoms with van der Waals surface area (Å²) in [5.74, 6) is 1.47. The van der Waals surface area contributed by atoms with Crippen LogP contribution in [0.5, 0.6) is 0 Å². The Morgan fingerprint density at radius 3 is 2.68 bits per heavy atom. The van der Waals surface area contributed by atoms with Gasteiger partial charge < -0.3 is 19.3 Å². The van der Waals surface area contributed by atoms with Crippen LogP contribution in [0.3, 0.4) is 0 Å². The molecule has 0 radical (unpaired) electrons. The Bertz CT molecular complexity index is 1020. The van der Waals surface area contributed by atoms with E-state index in [2.05, 4.69) is 34.8 Å². The second kappa shape index (κ2) is 8.83. The van der Waals surface area contributed by atoms with E-state index >= 15 is 0 Å². The van der Waals surface area contributed by atoms with Gasteiger partial charge in [-0.05, 0) is 50.6 Å². The van der Waals surface area contributed by atoms with Crippen molar-refractivity contribution in [3.05, 3.63) is 57.6 Å². The highest BCUT2D eigenvalue weighted by atomic mass is 16.2. The second-order valence-electron chi connectivity index (χ2n) is 9.22. The maximum atomic E-state index is 13.2. The molecule has 0 unspecified atom stereocenters. The smallest absolute Gasteiger partial charge is 0.272 e. The first-order chi connectivity index (χ1) is 14.9. The van der Waals surface area contributed by atoms with Crippen molar-refractivity contribution >= 4 is 11.7 Å². The molecule has 0 aliphatic carbocycles. The highest BCUT2D eigenvalue weighted by Gasteiger charge is 2.35. The second-order valence-corrected chi connectivity index (χ2v) is 9.22. The number of aromatic nitrogens is 2. The van der Waals surface area contributed by atoms with E-state index in [1.807, 2.05) is 22.8 Å². The third kappa shape index (κ3) is 4.37. The van der Waals surface area contributed by atoms with Gasteiger partial charge in [0.15, 0.2) is 0 Å². The average molecular weight is 424 g/mol. The van der Waals surface area contributed by atoms with Gasteiger partial charge in [0.1, 0.15) is 11.5 Å². The van der Waals surface area contributed by atoms with Crippen molar-refractivity contribution in [3.63, 3.8) is 0 Å². The molecule has 1 amide bonds. The summed E-state index contributed by atoms with van der Waals surface area (Å²) in [4.78, 5) is 36.2. The molecule has 0 aromatic carbocycles. The Kier molecular flexibility index (Phi) is 6.14. The molecule has 7 nitrogen and oxygen atoms in total. The Labute approximate surface area is 184 Å². The van der Waals surface area contributed by atoms with Crippen LogP contribution in [0.4, 0.5) is 5.82 Å². The number of nitrogens with zero attached hydrogens (tertiary/aromatic N) is 5. The predicted octanol–water partition coefficient (Wildman–Crippen LogP) is 2.41. The van der Waals surface area contributed by atoms with E-state index in [9.17, 15) is 9.59 Å². The summed E-state index contributed by atoms with van der Waals surface area (Å²) in [7, 11) is 5.55. The fourth-order valence-electron chi connectivity index (χ4n) is 5.00. The summed E-state index contributed by atoms with van der Waals surface area (Å²) >= 11 is 0. The van der Waals surface area contributed by atoms with Crippen LogP contribution < -0.4 is 10.5 Å². The highest BCUT2D eigenvalue weighted by Crippen LogP contribution is 2.36. The summed E-state index contributed by atoms with van der Waals surface area (Å²) < 4.78 is 2.02. The van der Waals surface area contributed by atoms with Crippen molar-refractivity contribution < 1.29 is 4.79 Å². The molecule has 7 heteroatoms. The summed E-state index contributed by atoms with van der Waals surface area (Å²) in [6.45, 7) is 6.27. The number of carbonyl (C=O) groups is 1. The first-order valence-electron chi connectivity index (χ1n) is 11.2. The summed E-state index contributed by atoms with van der Waals surface area (Å²) in [6, 6.07) is 9.82. The van der Waals surface area contributed by atoms with Crippen LogP contribution in [-0.4, -0.2) is 66.0 Å². The minimum atomic E-state index is -0.0866. The SMILES string of the molecule is CCCN(C)Cc1ccc2n(c1=O)C[C@H]1C[C@@H]2CN(c2cccc(C(=O)N(C)C)n2)C1. The summed E-state index contributed by atoms with van der Waals surface area (Å²) in [5, 5.41) is 0. The molecule has 31 heavy (non-hydrogen) atoms. The van der Waals surface area contributed by atoms with Crippen molar-refractivity contribution in [1.29, 1.82) is 0 Å². The molecule has 2 aliphatic heterocycles. The molecule has 4 rings (SSSR count). The zero-order valence-electron chi connectivity index (χ0n) is 19.0. The number of hydrogen-bond acceptors (Lipinski definition) is 5. The number of amides is 1. The molecule has 4 heterocycles. The van der Waals surface area contributed by atoms with Crippen molar-refractivity contribution in [2.75, 3.05) is 45.7 Å². The van der Waals surface area contributed by atoms with E-state index in [0.29, 0.717) is 24.1 Å². The largest absolute Gasteiger partial charge is 0.356 e. The quantitative estimate of drug-likeness (QED) is 0.714. The first-order valence-corrected chi connectivity index (χ1v) is 11.2. The third-order valence-corrected chi connectivity index (χ3v) is 6.41. The molecule has 2 atom stereocenters. The van der Waals surface area contributed by atoms with E-state index in [-0.39, 0.29) is 11.5 Å². The van der Waals surface area contributed by atoms with Crippen molar-refractivity contribution in [1.82, 2.24) is 19.4 Å². The number of piperidine rings is 1. The van der Waals surface area contributed by atoms with E-state index in [1.165, 1.54) is 0 Å². The molecule has 2 aromatic heterocycles. The van der Waals surface area contributed by atoms with Crippen LogP contribution in [0.1, 0.15) is 47.4 Å². The maximum absolute atomic E-state index is 13.2. The van der Waals surface area contributed by atoms with E-state index in [0.717, 1.165) is 56.1 Å². The lowest BCUT2D eigenvalue weighted by molar-refractivity contribution is 0.0822. The van der Waals surface area contributed by atoms with Crippen molar-refractivity contribution in [2.24, 2.45) is 5.92 Å². The highest BCUT2D eigenvalue weighted by molar-refractivity contribution is 5.92. The Morgan fingerprint density at radius 2 is 1.94 bits per heavy atom. The van der Waals surface area contributed by atoms with Gasteiger partial charge in [-0.25, -0.2) is 4.98 Å². The van der Waals surface area contributed by atoms with Gasteiger partial charge in [0, 0.05) is 57.4 Å². The molecule has 0 saturated carbocycles. The molecular formula is C24H33N5O2. The minimum Gasteiger partial charge on any atom is -0.356 e. The molecule has 0 N–H and O–H groups in total. The van der Waals surface area contributed by atoms with Crippen molar-refractivity contribution in [2.45, 2.75) is 38.8 Å². The normalized spacial score (nSPS) is 20.0. The number of carbonyl (C=O) groups excluding carboxylic acids is 1. The fraction of sp³-hybridized carbons (Fsp3) is 0.542. The standard InChI is InChI=1S/C24H33N5O2/c1-5-11-27(4)15-18-9-10-21-19-12-17(14-29(21)23(18)30)13-28(16-19)22-8-6-7-20(25-22)24(31)26(2)3/h6-10,17,19H,5,11-16H2,1-4H3/t17-,19+/m0/s1. The molecule has 0 spiro atoms. The van der Waals surface area contributed by atoms with E-state index < -0.39 is 0 Å². The van der Waals surface area contributed by atoms with Gasteiger partial charge in [-0.15, -0.1) is 0 Å². The number of rotatable bonds is 6.